The molecule has 0 unspecified atom stereocenters. The Morgan fingerprint density at radius 1 is 1.41 bits per heavy atom. The molecule has 6 N–H and O–H groups in total. The SMILES string of the molecule is CSC(=N)NC(=O)c1nc(Cl)c(N)nc1N.Cl. The Morgan fingerprint density at radius 3 is 2.53 bits per heavy atom. The maximum Gasteiger partial charge on any atom is 0.279 e. The second-order valence-corrected chi connectivity index (χ2v) is 3.80. The molecule has 1 heterocycles. The van der Waals surface area contributed by atoms with Crippen LogP contribution in [0.15, 0.2) is 0 Å². The first kappa shape index (κ1) is 15.8. The van der Waals surface area contributed by atoms with Crippen molar-refractivity contribution in [2.45, 2.75) is 0 Å². The van der Waals surface area contributed by atoms with Gasteiger partial charge in [0.1, 0.15) is 0 Å². The average molecular weight is 297 g/mol. The molecule has 0 spiro atoms. The van der Waals surface area contributed by atoms with Crippen molar-refractivity contribution in [3.63, 3.8) is 0 Å². The summed E-state index contributed by atoms with van der Waals surface area (Å²) in [5.74, 6) is -0.824. The number of amides is 1. The van der Waals surface area contributed by atoms with E-state index in [2.05, 4.69) is 15.3 Å². The zero-order valence-corrected chi connectivity index (χ0v) is 11.0. The third-order valence-electron chi connectivity index (χ3n) is 1.55. The van der Waals surface area contributed by atoms with Crippen LogP contribution in [0.3, 0.4) is 0 Å². The van der Waals surface area contributed by atoms with Gasteiger partial charge < -0.3 is 16.8 Å². The van der Waals surface area contributed by atoms with Crippen molar-refractivity contribution in [3.05, 3.63) is 10.8 Å². The fraction of sp³-hybridized carbons (Fsp3) is 0.143. The number of nitrogens with one attached hydrogen (secondary N) is 2. The first-order chi connectivity index (χ1) is 7.45. The lowest BCUT2D eigenvalue weighted by Crippen LogP contribution is -2.29. The van der Waals surface area contributed by atoms with Crippen LogP contribution in [0.4, 0.5) is 11.6 Å². The topological polar surface area (TPSA) is 131 Å². The number of halogens is 2. The number of rotatable bonds is 1. The zero-order valence-electron chi connectivity index (χ0n) is 8.65. The normalized spacial score (nSPS) is 9.29. The van der Waals surface area contributed by atoms with Crippen LogP contribution in [0.1, 0.15) is 10.5 Å². The first-order valence-electron chi connectivity index (χ1n) is 3.98. The van der Waals surface area contributed by atoms with Crippen LogP contribution in [0.2, 0.25) is 5.15 Å². The number of hydrogen-bond acceptors (Lipinski definition) is 7. The van der Waals surface area contributed by atoms with Gasteiger partial charge in [-0.2, -0.15) is 0 Å². The van der Waals surface area contributed by atoms with Crippen molar-refractivity contribution >= 4 is 58.5 Å². The number of anilines is 2. The van der Waals surface area contributed by atoms with Gasteiger partial charge >= 0.3 is 0 Å². The van der Waals surface area contributed by atoms with Crippen LogP contribution in [0.5, 0.6) is 0 Å². The van der Waals surface area contributed by atoms with Gasteiger partial charge in [-0.3, -0.25) is 10.2 Å². The minimum Gasteiger partial charge on any atom is -0.382 e. The van der Waals surface area contributed by atoms with Crippen molar-refractivity contribution in [3.8, 4) is 0 Å². The quantitative estimate of drug-likeness (QED) is 0.447. The van der Waals surface area contributed by atoms with Crippen LogP contribution in [0, 0.1) is 5.41 Å². The van der Waals surface area contributed by atoms with Crippen molar-refractivity contribution in [1.82, 2.24) is 15.3 Å². The summed E-state index contributed by atoms with van der Waals surface area (Å²) in [6.45, 7) is 0. The first-order valence-corrected chi connectivity index (χ1v) is 5.58. The van der Waals surface area contributed by atoms with E-state index in [4.69, 9.17) is 28.5 Å². The summed E-state index contributed by atoms with van der Waals surface area (Å²) < 4.78 is 0. The van der Waals surface area contributed by atoms with E-state index in [0.717, 1.165) is 11.8 Å². The highest BCUT2D eigenvalue weighted by Crippen LogP contribution is 2.17. The second kappa shape index (κ2) is 6.48. The van der Waals surface area contributed by atoms with E-state index < -0.39 is 5.91 Å². The van der Waals surface area contributed by atoms with Crippen LogP contribution in [-0.4, -0.2) is 27.3 Å². The molecule has 0 aromatic carbocycles. The number of amidine groups is 1. The van der Waals surface area contributed by atoms with Gasteiger partial charge in [-0.1, -0.05) is 23.4 Å². The molecule has 0 fully saturated rings. The lowest BCUT2D eigenvalue weighted by Gasteiger charge is -2.06. The van der Waals surface area contributed by atoms with Crippen molar-refractivity contribution in [2.75, 3.05) is 17.7 Å². The molecular weight excluding hydrogens is 287 g/mol. The van der Waals surface area contributed by atoms with E-state index in [1.165, 1.54) is 0 Å². The largest absolute Gasteiger partial charge is 0.382 e. The van der Waals surface area contributed by atoms with Crippen LogP contribution in [0.25, 0.3) is 0 Å². The summed E-state index contributed by atoms with van der Waals surface area (Å²) >= 11 is 6.67. The van der Waals surface area contributed by atoms with Gasteiger partial charge in [0.05, 0.1) is 0 Å². The Labute approximate surface area is 113 Å². The summed E-state index contributed by atoms with van der Waals surface area (Å²) in [7, 11) is 0. The third-order valence-corrected chi connectivity index (χ3v) is 2.34. The Kier molecular flexibility index (Phi) is 6.00. The van der Waals surface area contributed by atoms with Crippen molar-refractivity contribution in [1.29, 1.82) is 5.41 Å². The molecule has 1 aromatic heterocycles. The number of carbonyl (C=O) groups excluding carboxylic acids is 1. The summed E-state index contributed by atoms with van der Waals surface area (Å²) in [6, 6.07) is 0. The maximum atomic E-state index is 11.6. The molecule has 94 valence electrons. The predicted molar refractivity (Wildman–Crippen MR) is 71.8 cm³/mol. The highest BCUT2D eigenvalue weighted by atomic mass is 35.5. The van der Waals surface area contributed by atoms with E-state index in [1.54, 1.807) is 6.26 Å². The van der Waals surface area contributed by atoms with Crippen molar-refractivity contribution < 1.29 is 4.79 Å². The number of nitrogen functional groups attached to an aromatic ring is 2. The van der Waals surface area contributed by atoms with E-state index in [9.17, 15) is 4.79 Å². The highest BCUT2D eigenvalue weighted by Gasteiger charge is 2.16. The molecule has 0 radical (unpaired) electrons. The monoisotopic (exact) mass is 296 g/mol. The second-order valence-electron chi connectivity index (χ2n) is 2.62. The summed E-state index contributed by atoms with van der Waals surface area (Å²) in [5.41, 5.74) is 10.7. The number of nitrogens with two attached hydrogens (primary N) is 2. The fourth-order valence-corrected chi connectivity index (χ4v) is 1.14. The highest BCUT2D eigenvalue weighted by molar-refractivity contribution is 8.13. The Hall–Kier alpha value is -1.25. The third kappa shape index (κ3) is 3.91. The molecule has 1 amide bonds. The Morgan fingerprint density at radius 2 is 2.00 bits per heavy atom. The lowest BCUT2D eigenvalue weighted by atomic mass is 10.4. The van der Waals surface area contributed by atoms with Crippen LogP contribution < -0.4 is 16.8 Å². The molecule has 0 aliphatic heterocycles. The summed E-state index contributed by atoms with van der Waals surface area (Å²) in [4.78, 5) is 18.9. The summed E-state index contributed by atoms with van der Waals surface area (Å²) in [6.07, 6.45) is 1.65. The van der Waals surface area contributed by atoms with E-state index in [1.807, 2.05) is 0 Å². The molecule has 1 aromatic rings. The zero-order chi connectivity index (χ0) is 12.3. The van der Waals surface area contributed by atoms with E-state index in [-0.39, 0.29) is 40.1 Å². The molecule has 1 rings (SSSR count). The maximum absolute atomic E-state index is 11.6. The minimum absolute atomic E-state index is 0. The molecule has 0 atom stereocenters. The Bertz CT molecular complexity index is 454. The fourth-order valence-electron chi connectivity index (χ4n) is 0.822. The van der Waals surface area contributed by atoms with Gasteiger partial charge in [0.15, 0.2) is 27.7 Å². The molecule has 17 heavy (non-hydrogen) atoms. The van der Waals surface area contributed by atoms with E-state index >= 15 is 0 Å². The minimum atomic E-state index is -0.647. The molecule has 0 bridgehead atoms. The van der Waals surface area contributed by atoms with Crippen LogP contribution in [-0.2, 0) is 0 Å². The summed E-state index contributed by atoms with van der Waals surface area (Å²) in [5, 5.41) is 9.40. The van der Waals surface area contributed by atoms with Crippen molar-refractivity contribution in [2.24, 2.45) is 0 Å². The number of aromatic nitrogens is 2. The standard InChI is InChI=1S/C7H9ClN6OS.ClH/c1-16-7(11)14-6(15)2-4(9)13-5(10)3(8)12-2;/h1H3,(H4,9,10,13)(H2,11,14,15);1H. The van der Waals surface area contributed by atoms with Gasteiger partial charge in [0.25, 0.3) is 5.91 Å². The molecule has 0 saturated heterocycles. The number of carbonyl (C=O) groups is 1. The number of nitrogens with zero attached hydrogens (tertiary/aromatic N) is 2. The molecule has 0 saturated carbocycles. The van der Waals surface area contributed by atoms with Gasteiger partial charge in [-0.15, -0.1) is 12.4 Å². The number of thioether (sulfide) groups is 1. The molecule has 0 aliphatic rings. The van der Waals surface area contributed by atoms with Gasteiger partial charge in [-0.05, 0) is 6.26 Å². The van der Waals surface area contributed by atoms with Crippen LogP contribution >= 0.6 is 35.8 Å². The predicted octanol–water partition coefficient (Wildman–Crippen LogP) is 0.744. The van der Waals surface area contributed by atoms with Gasteiger partial charge in [-0.25, -0.2) is 9.97 Å². The smallest absolute Gasteiger partial charge is 0.279 e. The Balaban J connectivity index is 0.00000256. The molecular formula is C7H10Cl2N6OS. The molecule has 7 nitrogen and oxygen atoms in total. The van der Waals surface area contributed by atoms with Gasteiger partial charge in [0.2, 0.25) is 0 Å². The van der Waals surface area contributed by atoms with Gasteiger partial charge in [0, 0.05) is 0 Å². The number of hydrogen-bond donors (Lipinski definition) is 4. The molecule has 0 aliphatic carbocycles. The lowest BCUT2D eigenvalue weighted by molar-refractivity contribution is 0.0973. The van der Waals surface area contributed by atoms with E-state index in [0.29, 0.717) is 0 Å². The average Bonchev–Trinajstić information content (AvgIpc) is 2.23. The molecule has 10 heteroatoms.